The number of rotatable bonds is 5. The van der Waals surface area contributed by atoms with Crippen LogP contribution in [0.4, 0.5) is 0 Å². The number of sulfonamides is 1. The highest BCUT2D eigenvalue weighted by molar-refractivity contribution is 7.89. The molecule has 0 spiro atoms. The fraction of sp³-hybridized carbons (Fsp3) is 0.533. The van der Waals surface area contributed by atoms with Crippen molar-refractivity contribution in [3.8, 4) is 0 Å². The Morgan fingerprint density at radius 2 is 2.09 bits per heavy atom. The third-order valence-corrected chi connectivity index (χ3v) is 6.58. The summed E-state index contributed by atoms with van der Waals surface area (Å²) in [5.74, 6) is -0.115. The van der Waals surface area contributed by atoms with E-state index in [0.29, 0.717) is 24.5 Å². The maximum atomic E-state index is 12.9. The van der Waals surface area contributed by atoms with Gasteiger partial charge in [0.05, 0.1) is 5.02 Å². The van der Waals surface area contributed by atoms with Crippen LogP contribution in [0, 0.1) is 0 Å². The molecular formula is C15H20Cl2N2O3S. The number of nitrogens with zero attached hydrogens (tertiary/aromatic N) is 1. The van der Waals surface area contributed by atoms with Crippen molar-refractivity contribution in [3.05, 3.63) is 28.2 Å². The van der Waals surface area contributed by atoms with Gasteiger partial charge in [-0.25, -0.2) is 8.42 Å². The number of benzene rings is 1. The van der Waals surface area contributed by atoms with Crippen molar-refractivity contribution >= 4 is 39.1 Å². The van der Waals surface area contributed by atoms with E-state index >= 15 is 0 Å². The highest BCUT2D eigenvalue weighted by Crippen LogP contribution is 2.31. The minimum atomic E-state index is -3.68. The van der Waals surface area contributed by atoms with Crippen molar-refractivity contribution in [2.24, 2.45) is 0 Å². The topological polar surface area (TPSA) is 66.5 Å². The van der Waals surface area contributed by atoms with Crippen molar-refractivity contribution in [2.45, 2.75) is 43.5 Å². The summed E-state index contributed by atoms with van der Waals surface area (Å²) in [5.41, 5.74) is 0. The van der Waals surface area contributed by atoms with E-state index in [4.69, 9.17) is 23.2 Å². The summed E-state index contributed by atoms with van der Waals surface area (Å²) in [7, 11) is -3.68. The maximum absolute atomic E-state index is 12.9. The molecule has 1 heterocycles. The highest BCUT2D eigenvalue weighted by atomic mass is 35.5. The molecular weight excluding hydrogens is 359 g/mol. The van der Waals surface area contributed by atoms with Crippen LogP contribution >= 0.6 is 23.2 Å². The van der Waals surface area contributed by atoms with Gasteiger partial charge in [-0.2, -0.15) is 4.31 Å². The minimum absolute atomic E-state index is 0.0787. The van der Waals surface area contributed by atoms with Gasteiger partial charge >= 0.3 is 0 Å². The van der Waals surface area contributed by atoms with Gasteiger partial charge in [-0.05, 0) is 37.5 Å². The molecule has 1 fully saturated rings. The molecule has 1 aromatic rings. The molecule has 1 saturated heterocycles. The molecule has 0 radical (unpaired) electrons. The molecule has 1 aromatic carbocycles. The van der Waals surface area contributed by atoms with Crippen LogP contribution in [-0.4, -0.2) is 37.8 Å². The number of amides is 1. The third kappa shape index (κ3) is 4.59. The fourth-order valence-electron chi connectivity index (χ4n) is 2.80. The molecule has 0 unspecified atom stereocenters. The zero-order valence-corrected chi connectivity index (χ0v) is 15.2. The monoisotopic (exact) mass is 378 g/mol. The lowest BCUT2D eigenvalue weighted by molar-refractivity contribution is -0.119. The summed E-state index contributed by atoms with van der Waals surface area (Å²) in [6.45, 7) is 2.37. The molecule has 128 valence electrons. The second-order valence-electron chi connectivity index (χ2n) is 5.61. The van der Waals surface area contributed by atoms with E-state index in [1.807, 2.05) is 0 Å². The van der Waals surface area contributed by atoms with Gasteiger partial charge in [-0.1, -0.05) is 29.6 Å². The average molecular weight is 379 g/mol. The number of carbonyl (C=O) groups is 1. The Hall–Kier alpha value is -0.820. The number of halogens is 2. The smallest absolute Gasteiger partial charge is 0.244 e. The Balaban J connectivity index is 2.22. The van der Waals surface area contributed by atoms with Crippen LogP contribution in [0.5, 0.6) is 0 Å². The van der Waals surface area contributed by atoms with Crippen molar-refractivity contribution in [1.29, 1.82) is 0 Å². The maximum Gasteiger partial charge on any atom is 0.244 e. The standard InChI is InChI=1S/C15H20Cl2N2O3S/c1-11(20)18-8-7-13-4-2-3-9-19(13)23(21,22)15-6-5-12(16)10-14(15)17/h5-6,10,13H,2-4,7-9H2,1H3,(H,18,20)/t13-/m1/s1. The van der Waals surface area contributed by atoms with Crippen molar-refractivity contribution in [1.82, 2.24) is 9.62 Å². The van der Waals surface area contributed by atoms with Crippen LogP contribution in [-0.2, 0) is 14.8 Å². The molecule has 23 heavy (non-hydrogen) atoms. The molecule has 0 aromatic heterocycles. The zero-order valence-electron chi connectivity index (χ0n) is 12.9. The van der Waals surface area contributed by atoms with Gasteiger partial charge in [0.1, 0.15) is 4.90 Å². The van der Waals surface area contributed by atoms with E-state index in [2.05, 4.69) is 5.32 Å². The van der Waals surface area contributed by atoms with Crippen LogP contribution in [0.2, 0.25) is 10.0 Å². The number of hydrogen-bond acceptors (Lipinski definition) is 3. The Labute approximate surface area is 147 Å². The highest BCUT2D eigenvalue weighted by Gasteiger charge is 2.34. The number of nitrogens with one attached hydrogen (secondary N) is 1. The molecule has 1 N–H and O–H groups in total. The predicted molar refractivity (Wildman–Crippen MR) is 91.3 cm³/mol. The minimum Gasteiger partial charge on any atom is -0.356 e. The van der Waals surface area contributed by atoms with E-state index in [1.165, 1.54) is 29.4 Å². The van der Waals surface area contributed by atoms with Crippen molar-refractivity contribution in [3.63, 3.8) is 0 Å². The first kappa shape index (κ1) is 18.5. The first-order chi connectivity index (χ1) is 10.8. The summed E-state index contributed by atoms with van der Waals surface area (Å²) >= 11 is 11.9. The molecule has 1 amide bonds. The SMILES string of the molecule is CC(=O)NCC[C@H]1CCCCN1S(=O)(=O)c1ccc(Cl)cc1Cl. The fourth-order valence-corrected chi connectivity index (χ4v) is 5.28. The third-order valence-electron chi connectivity index (χ3n) is 3.91. The van der Waals surface area contributed by atoms with Crippen LogP contribution < -0.4 is 5.32 Å². The van der Waals surface area contributed by atoms with Gasteiger partial charge in [0, 0.05) is 31.1 Å². The largest absolute Gasteiger partial charge is 0.356 e. The molecule has 5 nitrogen and oxygen atoms in total. The van der Waals surface area contributed by atoms with Crippen molar-refractivity contribution in [2.75, 3.05) is 13.1 Å². The van der Waals surface area contributed by atoms with E-state index in [1.54, 1.807) is 0 Å². The summed E-state index contributed by atoms with van der Waals surface area (Å²) in [6.07, 6.45) is 3.17. The van der Waals surface area contributed by atoms with Crippen molar-refractivity contribution < 1.29 is 13.2 Å². The zero-order chi connectivity index (χ0) is 17.0. The summed E-state index contributed by atoms with van der Waals surface area (Å²) in [6, 6.07) is 4.27. The van der Waals surface area contributed by atoms with Gasteiger partial charge in [0.25, 0.3) is 0 Å². The van der Waals surface area contributed by atoms with Gasteiger partial charge in [-0.3, -0.25) is 4.79 Å². The molecule has 0 saturated carbocycles. The number of carbonyl (C=O) groups excluding carboxylic acids is 1. The lowest BCUT2D eigenvalue weighted by atomic mass is 10.0. The summed E-state index contributed by atoms with van der Waals surface area (Å²) in [4.78, 5) is 11.1. The lowest BCUT2D eigenvalue weighted by Gasteiger charge is -2.35. The normalized spacial score (nSPS) is 19.5. The molecule has 1 atom stereocenters. The molecule has 8 heteroatoms. The van der Waals surface area contributed by atoms with E-state index in [0.717, 1.165) is 19.3 Å². The van der Waals surface area contributed by atoms with Gasteiger partial charge < -0.3 is 5.32 Å². The first-order valence-corrected chi connectivity index (χ1v) is 9.73. The van der Waals surface area contributed by atoms with Crippen LogP contribution in [0.25, 0.3) is 0 Å². The predicted octanol–water partition coefficient (Wildman–Crippen LogP) is 3.06. The van der Waals surface area contributed by atoms with E-state index in [9.17, 15) is 13.2 Å². The quantitative estimate of drug-likeness (QED) is 0.855. The van der Waals surface area contributed by atoms with Gasteiger partial charge in [0.15, 0.2) is 0 Å². The first-order valence-electron chi connectivity index (χ1n) is 7.53. The number of piperidine rings is 1. The Morgan fingerprint density at radius 3 is 2.74 bits per heavy atom. The number of hydrogen-bond donors (Lipinski definition) is 1. The van der Waals surface area contributed by atoms with Gasteiger partial charge in [-0.15, -0.1) is 0 Å². The molecule has 0 bridgehead atoms. The van der Waals surface area contributed by atoms with Crippen LogP contribution in [0.15, 0.2) is 23.1 Å². The molecule has 2 rings (SSSR count). The second kappa shape index (κ2) is 7.83. The van der Waals surface area contributed by atoms with E-state index in [-0.39, 0.29) is 21.9 Å². The Morgan fingerprint density at radius 1 is 1.35 bits per heavy atom. The Bertz CT molecular complexity index is 679. The summed E-state index contributed by atoms with van der Waals surface area (Å²) < 4.78 is 27.4. The van der Waals surface area contributed by atoms with Crippen LogP contribution in [0.3, 0.4) is 0 Å². The van der Waals surface area contributed by atoms with E-state index < -0.39 is 10.0 Å². The summed E-state index contributed by atoms with van der Waals surface area (Å²) in [5, 5.41) is 3.25. The molecule has 0 aliphatic carbocycles. The van der Waals surface area contributed by atoms with Gasteiger partial charge in [0.2, 0.25) is 15.9 Å². The molecule has 1 aliphatic heterocycles. The Kier molecular flexibility index (Phi) is 6.31. The van der Waals surface area contributed by atoms with Crippen LogP contribution in [0.1, 0.15) is 32.6 Å². The average Bonchev–Trinajstić information content (AvgIpc) is 2.46. The second-order valence-corrected chi connectivity index (χ2v) is 8.31. The molecule has 1 aliphatic rings. The lowest BCUT2D eigenvalue weighted by Crippen LogP contribution is -2.45.